The fourth-order valence-corrected chi connectivity index (χ4v) is 3.14. The number of nitrogens with one attached hydrogen (secondary N) is 1. The Morgan fingerprint density at radius 3 is 2.83 bits per heavy atom. The summed E-state index contributed by atoms with van der Waals surface area (Å²) in [5, 5.41) is 7.69. The third kappa shape index (κ3) is 3.25. The average Bonchev–Trinajstić information content (AvgIpc) is 2.74. The van der Waals surface area contributed by atoms with Crippen LogP contribution in [0.1, 0.15) is 59.2 Å². The summed E-state index contributed by atoms with van der Waals surface area (Å²) in [5.41, 5.74) is 5.04. The van der Waals surface area contributed by atoms with Gasteiger partial charge in [0.05, 0.1) is 23.5 Å². The summed E-state index contributed by atoms with van der Waals surface area (Å²) in [4.78, 5) is 22.3. The largest absolute Gasteiger partial charge is 0.338 e. The number of fused-ring (bicyclic) bond motifs is 1. The number of nitrogens with zero attached hydrogens (tertiary/aromatic N) is 4. The number of anilines is 1. The van der Waals surface area contributed by atoms with Crippen LogP contribution in [0.3, 0.4) is 0 Å². The minimum Gasteiger partial charge on any atom is -0.338 e. The van der Waals surface area contributed by atoms with E-state index in [0.29, 0.717) is 18.1 Å². The molecule has 0 spiro atoms. The van der Waals surface area contributed by atoms with Crippen LogP contribution in [0.2, 0.25) is 0 Å². The van der Waals surface area contributed by atoms with Gasteiger partial charge >= 0.3 is 0 Å². The molecule has 1 aliphatic carbocycles. The van der Waals surface area contributed by atoms with Crippen molar-refractivity contribution in [2.45, 2.75) is 52.5 Å². The van der Waals surface area contributed by atoms with Crippen LogP contribution in [-0.4, -0.2) is 33.0 Å². The van der Waals surface area contributed by atoms with Gasteiger partial charge in [0.2, 0.25) is 5.95 Å². The molecular formula is C17H23N5O. The number of ketones is 1. The van der Waals surface area contributed by atoms with E-state index in [1.165, 1.54) is 37.4 Å². The maximum Gasteiger partial charge on any atom is 0.225 e. The molecule has 2 heterocycles. The fourth-order valence-electron chi connectivity index (χ4n) is 3.14. The van der Waals surface area contributed by atoms with Crippen molar-refractivity contribution in [3.8, 4) is 0 Å². The molecule has 6 nitrogen and oxygen atoms in total. The number of carbonyl (C=O) groups excluding carboxylic acids is 1. The first-order valence-corrected chi connectivity index (χ1v) is 8.17. The first kappa shape index (κ1) is 15.6. The van der Waals surface area contributed by atoms with Gasteiger partial charge < -0.3 is 4.90 Å². The lowest BCUT2D eigenvalue weighted by molar-refractivity contribution is 0.101. The van der Waals surface area contributed by atoms with Crippen LogP contribution < -0.4 is 4.90 Å². The van der Waals surface area contributed by atoms with E-state index in [4.69, 9.17) is 0 Å². The van der Waals surface area contributed by atoms with Crippen molar-refractivity contribution in [2.75, 3.05) is 11.9 Å². The van der Waals surface area contributed by atoms with Gasteiger partial charge in [-0.25, -0.2) is 9.97 Å². The van der Waals surface area contributed by atoms with Crippen LogP contribution in [0.15, 0.2) is 6.20 Å². The summed E-state index contributed by atoms with van der Waals surface area (Å²) in [6.07, 6.45) is 7.55. The molecule has 0 amide bonds. The predicted octanol–water partition coefficient (Wildman–Crippen LogP) is 2.62. The average molecular weight is 313 g/mol. The Kier molecular flexibility index (Phi) is 4.41. The van der Waals surface area contributed by atoms with Crippen molar-refractivity contribution in [1.82, 2.24) is 20.2 Å². The highest BCUT2D eigenvalue weighted by atomic mass is 16.1. The maximum atomic E-state index is 11.5. The van der Waals surface area contributed by atoms with E-state index in [2.05, 4.69) is 20.2 Å². The van der Waals surface area contributed by atoms with Crippen molar-refractivity contribution in [2.24, 2.45) is 0 Å². The topological polar surface area (TPSA) is 74.8 Å². The van der Waals surface area contributed by atoms with Crippen LogP contribution in [0, 0.1) is 6.92 Å². The highest BCUT2D eigenvalue weighted by Crippen LogP contribution is 2.23. The molecule has 2 aromatic heterocycles. The molecule has 122 valence electrons. The second-order valence-electron chi connectivity index (χ2n) is 6.27. The Morgan fingerprint density at radius 1 is 1.30 bits per heavy atom. The van der Waals surface area contributed by atoms with E-state index < -0.39 is 0 Å². The predicted molar refractivity (Wildman–Crippen MR) is 88.7 cm³/mol. The Morgan fingerprint density at radius 2 is 2.09 bits per heavy atom. The van der Waals surface area contributed by atoms with E-state index >= 15 is 0 Å². The van der Waals surface area contributed by atoms with Gasteiger partial charge in [0.1, 0.15) is 0 Å². The first-order chi connectivity index (χ1) is 11.1. The molecule has 0 fully saturated rings. The molecule has 6 heteroatoms. The highest BCUT2D eigenvalue weighted by molar-refractivity contribution is 5.94. The van der Waals surface area contributed by atoms with Gasteiger partial charge in [-0.05, 0) is 45.1 Å². The highest BCUT2D eigenvalue weighted by Gasteiger charge is 2.18. The molecule has 0 saturated heterocycles. The summed E-state index contributed by atoms with van der Waals surface area (Å²) in [5.74, 6) is 0.618. The summed E-state index contributed by atoms with van der Waals surface area (Å²) < 4.78 is 0. The molecular weight excluding hydrogens is 290 g/mol. The molecule has 0 radical (unpaired) electrons. The second-order valence-corrected chi connectivity index (χ2v) is 6.27. The lowest BCUT2D eigenvalue weighted by atomic mass is 10.1. The van der Waals surface area contributed by atoms with E-state index in [0.717, 1.165) is 24.2 Å². The maximum absolute atomic E-state index is 11.5. The van der Waals surface area contributed by atoms with Gasteiger partial charge in [0.25, 0.3) is 0 Å². The first-order valence-electron chi connectivity index (χ1n) is 8.17. The van der Waals surface area contributed by atoms with E-state index in [1.54, 1.807) is 6.20 Å². The molecule has 0 aliphatic heterocycles. The number of aryl methyl sites for hydroxylation is 2. The van der Waals surface area contributed by atoms with Crippen molar-refractivity contribution in [3.05, 3.63) is 34.4 Å². The van der Waals surface area contributed by atoms with E-state index in [-0.39, 0.29) is 5.78 Å². The van der Waals surface area contributed by atoms with Crippen molar-refractivity contribution in [1.29, 1.82) is 0 Å². The van der Waals surface area contributed by atoms with Crippen LogP contribution in [0.5, 0.6) is 0 Å². The number of hydrogen-bond donors (Lipinski definition) is 1. The number of aromatic nitrogens is 4. The number of H-pyrrole nitrogens is 1. The molecule has 0 saturated carbocycles. The summed E-state index contributed by atoms with van der Waals surface area (Å²) in [6.45, 7) is 4.05. The van der Waals surface area contributed by atoms with Gasteiger partial charge in [-0.2, -0.15) is 5.10 Å². The number of hydrogen-bond acceptors (Lipinski definition) is 5. The number of aromatic amines is 1. The minimum atomic E-state index is -0.00526. The monoisotopic (exact) mass is 313 g/mol. The zero-order valence-electron chi connectivity index (χ0n) is 14.0. The molecule has 3 rings (SSSR count). The SMILES string of the molecule is CC(=O)c1cnc(N(C)Cc2n[nH]c3c2CCCCC3)nc1C. The standard InChI is InChI=1S/C17H23N5O/c1-11-14(12(2)23)9-18-17(19-11)22(3)10-16-13-7-5-4-6-8-15(13)20-21-16/h9H,4-8,10H2,1-3H3,(H,20,21). The fraction of sp³-hybridized carbons (Fsp3) is 0.529. The quantitative estimate of drug-likeness (QED) is 0.693. The number of Topliss-reactive ketones (excluding diaryl/α,β-unsaturated/α-hetero) is 1. The third-order valence-corrected chi connectivity index (χ3v) is 4.47. The lowest BCUT2D eigenvalue weighted by Crippen LogP contribution is -2.21. The van der Waals surface area contributed by atoms with Crippen LogP contribution in [0.25, 0.3) is 0 Å². The Labute approximate surface area is 136 Å². The van der Waals surface area contributed by atoms with Gasteiger partial charge in [-0.15, -0.1) is 0 Å². The van der Waals surface area contributed by atoms with Crippen molar-refractivity contribution >= 4 is 11.7 Å². The van der Waals surface area contributed by atoms with Crippen LogP contribution >= 0.6 is 0 Å². The second kappa shape index (κ2) is 6.48. The Balaban J connectivity index is 1.79. The number of carbonyl (C=O) groups is 1. The Bertz CT molecular complexity index is 722. The normalized spacial score (nSPS) is 14.2. The molecule has 0 bridgehead atoms. The van der Waals surface area contributed by atoms with E-state index in [1.807, 2.05) is 18.9 Å². The van der Waals surface area contributed by atoms with Crippen molar-refractivity contribution < 1.29 is 4.79 Å². The third-order valence-electron chi connectivity index (χ3n) is 4.47. The molecule has 1 aliphatic rings. The number of rotatable bonds is 4. The molecule has 2 aromatic rings. The Hall–Kier alpha value is -2.24. The van der Waals surface area contributed by atoms with Gasteiger partial charge in [0, 0.05) is 18.9 Å². The zero-order valence-corrected chi connectivity index (χ0v) is 14.0. The van der Waals surface area contributed by atoms with Gasteiger partial charge in [-0.1, -0.05) is 6.42 Å². The van der Waals surface area contributed by atoms with Gasteiger partial charge in [-0.3, -0.25) is 9.89 Å². The van der Waals surface area contributed by atoms with Crippen LogP contribution in [-0.2, 0) is 19.4 Å². The molecule has 0 atom stereocenters. The molecule has 1 N–H and O–H groups in total. The lowest BCUT2D eigenvalue weighted by Gasteiger charge is -2.17. The van der Waals surface area contributed by atoms with E-state index in [9.17, 15) is 4.79 Å². The van der Waals surface area contributed by atoms with Crippen LogP contribution in [0.4, 0.5) is 5.95 Å². The molecule has 0 aromatic carbocycles. The summed E-state index contributed by atoms with van der Waals surface area (Å²) >= 11 is 0. The summed E-state index contributed by atoms with van der Waals surface area (Å²) in [6, 6.07) is 0. The van der Waals surface area contributed by atoms with Crippen molar-refractivity contribution in [3.63, 3.8) is 0 Å². The smallest absolute Gasteiger partial charge is 0.225 e. The zero-order chi connectivity index (χ0) is 16.4. The molecule has 23 heavy (non-hydrogen) atoms. The van der Waals surface area contributed by atoms with Gasteiger partial charge in [0.15, 0.2) is 5.78 Å². The minimum absolute atomic E-state index is 0.00526. The molecule has 0 unspecified atom stereocenters. The summed E-state index contributed by atoms with van der Waals surface area (Å²) in [7, 11) is 1.96.